The summed E-state index contributed by atoms with van der Waals surface area (Å²) >= 11 is 6.65. The number of rotatable bonds is 4. The lowest BCUT2D eigenvalue weighted by atomic mass is 10.1. The average Bonchev–Trinajstić information content (AvgIpc) is 3.06. The molecule has 0 aliphatic carbocycles. The molecule has 4 aromatic rings. The third kappa shape index (κ3) is 3.50. The lowest BCUT2D eigenvalue weighted by Gasteiger charge is -2.12. The monoisotopic (exact) mass is 420 g/mol. The van der Waals surface area contributed by atoms with Crippen LogP contribution >= 0.6 is 11.6 Å². The zero-order valence-electron chi connectivity index (χ0n) is 17.2. The van der Waals surface area contributed by atoms with Gasteiger partial charge in [-0.15, -0.1) is 0 Å². The number of amides is 1. The van der Waals surface area contributed by atoms with Crippen molar-refractivity contribution in [2.45, 2.75) is 20.8 Å². The summed E-state index contributed by atoms with van der Waals surface area (Å²) in [5.74, 6) is 0.211. The first-order valence-corrected chi connectivity index (χ1v) is 9.83. The Bertz CT molecular complexity index is 1260. The number of carbonyl (C=O) groups excluding carboxylic acids is 1. The molecule has 0 unspecified atom stereocenters. The molecule has 0 bridgehead atoms. The highest BCUT2D eigenvalue weighted by Crippen LogP contribution is 2.31. The Morgan fingerprint density at radius 3 is 2.47 bits per heavy atom. The Morgan fingerprint density at radius 2 is 1.77 bits per heavy atom. The number of carbonyl (C=O) groups is 1. The van der Waals surface area contributed by atoms with Crippen LogP contribution in [0.5, 0.6) is 5.75 Å². The van der Waals surface area contributed by atoms with Crippen LogP contribution in [0, 0.1) is 20.8 Å². The maximum atomic E-state index is 13.0. The zero-order valence-corrected chi connectivity index (χ0v) is 17.9. The van der Waals surface area contributed by atoms with Gasteiger partial charge in [0, 0.05) is 6.20 Å². The molecule has 0 aliphatic rings. The zero-order chi connectivity index (χ0) is 21.4. The van der Waals surface area contributed by atoms with Crippen molar-refractivity contribution in [3.8, 4) is 11.4 Å². The van der Waals surface area contributed by atoms with Gasteiger partial charge < -0.3 is 10.1 Å². The van der Waals surface area contributed by atoms with Gasteiger partial charge in [0.25, 0.3) is 5.91 Å². The number of methoxy groups -OCH3 is 1. The fourth-order valence-corrected chi connectivity index (χ4v) is 3.70. The maximum absolute atomic E-state index is 13.0. The normalized spacial score (nSPS) is 11.0. The fraction of sp³-hybridized carbons (Fsp3) is 0.174. The molecule has 2 heterocycles. The van der Waals surface area contributed by atoms with Gasteiger partial charge in [0.05, 0.1) is 40.2 Å². The average molecular weight is 421 g/mol. The minimum absolute atomic E-state index is 0.277. The third-order valence-corrected chi connectivity index (χ3v) is 5.33. The number of halogens is 1. The second-order valence-electron chi connectivity index (χ2n) is 7.18. The Morgan fingerprint density at radius 1 is 1.07 bits per heavy atom. The van der Waals surface area contributed by atoms with E-state index in [0.29, 0.717) is 33.2 Å². The number of fused-ring (bicyclic) bond motifs is 1. The number of nitrogens with one attached hydrogen (secondary N) is 1. The van der Waals surface area contributed by atoms with Crippen LogP contribution in [0.25, 0.3) is 16.7 Å². The van der Waals surface area contributed by atoms with Crippen LogP contribution in [0.2, 0.25) is 5.02 Å². The molecular formula is C23H21ClN4O2. The summed E-state index contributed by atoms with van der Waals surface area (Å²) in [4.78, 5) is 17.5. The largest absolute Gasteiger partial charge is 0.495 e. The van der Waals surface area contributed by atoms with Crippen molar-refractivity contribution < 1.29 is 9.53 Å². The number of benzene rings is 2. The fourth-order valence-electron chi connectivity index (χ4n) is 3.34. The topological polar surface area (TPSA) is 69.0 Å². The first-order valence-electron chi connectivity index (χ1n) is 9.46. The van der Waals surface area contributed by atoms with E-state index < -0.39 is 0 Å². The summed E-state index contributed by atoms with van der Waals surface area (Å²) in [6.07, 6.45) is 1.48. The van der Waals surface area contributed by atoms with Crippen molar-refractivity contribution in [2.75, 3.05) is 12.4 Å². The van der Waals surface area contributed by atoms with Crippen molar-refractivity contribution in [1.82, 2.24) is 14.8 Å². The van der Waals surface area contributed by atoms with Gasteiger partial charge in [-0.2, -0.15) is 5.10 Å². The first-order chi connectivity index (χ1) is 14.4. The van der Waals surface area contributed by atoms with E-state index in [9.17, 15) is 4.79 Å². The van der Waals surface area contributed by atoms with Gasteiger partial charge in [0.1, 0.15) is 5.75 Å². The molecule has 0 atom stereocenters. The van der Waals surface area contributed by atoms with Gasteiger partial charge in [-0.3, -0.25) is 4.79 Å². The number of hydrogen-bond acceptors (Lipinski definition) is 4. The molecule has 2 aromatic heterocycles. The van der Waals surface area contributed by atoms with Crippen molar-refractivity contribution in [1.29, 1.82) is 0 Å². The second kappa shape index (κ2) is 7.80. The van der Waals surface area contributed by atoms with E-state index in [1.807, 2.05) is 63.2 Å². The summed E-state index contributed by atoms with van der Waals surface area (Å²) in [6.45, 7) is 5.82. The van der Waals surface area contributed by atoms with Gasteiger partial charge >= 0.3 is 0 Å². The summed E-state index contributed by atoms with van der Waals surface area (Å²) in [5, 5.41) is 8.44. The van der Waals surface area contributed by atoms with Crippen LogP contribution in [0.4, 0.5) is 5.69 Å². The predicted octanol–water partition coefficient (Wildman–Crippen LogP) is 5.26. The predicted molar refractivity (Wildman–Crippen MR) is 119 cm³/mol. The van der Waals surface area contributed by atoms with Crippen LogP contribution < -0.4 is 10.1 Å². The Hall–Kier alpha value is -3.38. The number of ether oxygens (including phenoxy) is 1. The van der Waals surface area contributed by atoms with E-state index in [0.717, 1.165) is 16.8 Å². The van der Waals surface area contributed by atoms with Crippen molar-refractivity contribution in [3.63, 3.8) is 0 Å². The number of aromatic nitrogens is 3. The summed E-state index contributed by atoms with van der Waals surface area (Å²) in [6, 6.07) is 13.5. The molecule has 0 fully saturated rings. The minimum Gasteiger partial charge on any atom is -0.495 e. The Kier molecular flexibility index (Phi) is 5.18. The smallest absolute Gasteiger partial charge is 0.258 e. The summed E-state index contributed by atoms with van der Waals surface area (Å²) in [5.41, 5.74) is 5.19. The molecule has 0 aliphatic heterocycles. The Balaban J connectivity index is 1.75. The summed E-state index contributed by atoms with van der Waals surface area (Å²) in [7, 11) is 1.56. The van der Waals surface area contributed by atoms with E-state index in [2.05, 4.69) is 15.4 Å². The highest BCUT2D eigenvalue weighted by molar-refractivity contribution is 6.39. The third-order valence-electron chi connectivity index (χ3n) is 4.93. The molecule has 6 nitrogen and oxygen atoms in total. The van der Waals surface area contributed by atoms with Gasteiger partial charge in [0.15, 0.2) is 5.65 Å². The van der Waals surface area contributed by atoms with Crippen LogP contribution in [-0.2, 0) is 0 Å². The van der Waals surface area contributed by atoms with Gasteiger partial charge in [0.2, 0.25) is 0 Å². The second-order valence-corrected chi connectivity index (χ2v) is 7.55. The standard InChI is InChI=1S/C23H21ClN4O2/c1-13-5-8-16(9-6-13)28-22-20(15(3)27-28)21(24)17(12-25-22)23(29)26-18-11-14(2)7-10-19(18)30-4/h5-12H,1-4H3,(H,26,29). The van der Waals surface area contributed by atoms with E-state index in [1.165, 1.54) is 6.20 Å². The quantitative estimate of drug-likeness (QED) is 0.489. The maximum Gasteiger partial charge on any atom is 0.258 e. The minimum atomic E-state index is -0.360. The van der Waals surface area contributed by atoms with Crippen molar-refractivity contribution >= 4 is 34.2 Å². The van der Waals surface area contributed by atoms with E-state index in [-0.39, 0.29) is 11.5 Å². The molecule has 4 rings (SSSR count). The molecule has 0 saturated carbocycles. The molecule has 1 amide bonds. The highest BCUT2D eigenvalue weighted by Gasteiger charge is 2.21. The number of hydrogen-bond donors (Lipinski definition) is 1. The van der Waals surface area contributed by atoms with Crippen molar-refractivity contribution in [3.05, 3.63) is 76.1 Å². The molecule has 30 heavy (non-hydrogen) atoms. The van der Waals surface area contributed by atoms with Crippen LogP contribution in [0.15, 0.2) is 48.7 Å². The molecule has 1 N–H and O–H groups in total. The highest BCUT2D eigenvalue weighted by atomic mass is 35.5. The SMILES string of the molecule is COc1ccc(C)cc1NC(=O)c1cnc2c(c(C)nn2-c2ccc(C)cc2)c1Cl. The van der Waals surface area contributed by atoms with E-state index >= 15 is 0 Å². The Labute approximate surface area is 179 Å². The summed E-state index contributed by atoms with van der Waals surface area (Å²) < 4.78 is 7.08. The first kappa shape index (κ1) is 19.9. The number of nitrogens with zero attached hydrogens (tertiary/aromatic N) is 3. The van der Waals surface area contributed by atoms with Crippen LogP contribution in [0.3, 0.4) is 0 Å². The van der Waals surface area contributed by atoms with Gasteiger partial charge in [-0.05, 0) is 50.6 Å². The lowest BCUT2D eigenvalue weighted by Crippen LogP contribution is -2.14. The molecular weight excluding hydrogens is 400 g/mol. The molecule has 0 spiro atoms. The molecule has 2 aromatic carbocycles. The number of anilines is 1. The van der Waals surface area contributed by atoms with Crippen LogP contribution in [0.1, 0.15) is 27.2 Å². The molecule has 0 radical (unpaired) electrons. The van der Waals surface area contributed by atoms with E-state index in [4.69, 9.17) is 16.3 Å². The van der Waals surface area contributed by atoms with Crippen LogP contribution in [-0.4, -0.2) is 27.8 Å². The van der Waals surface area contributed by atoms with Gasteiger partial charge in [-0.25, -0.2) is 9.67 Å². The molecule has 7 heteroatoms. The lowest BCUT2D eigenvalue weighted by molar-refractivity contribution is 0.102. The van der Waals surface area contributed by atoms with Crippen molar-refractivity contribution in [2.24, 2.45) is 0 Å². The van der Waals surface area contributed by atoms with Gasteiger partial charge in [-0.1, -0.05) is 35.4 Å². The molecule has 0 saturated heterocycles. The number of pyridine rings is 1. The van der Waals surface area contributed by atoms with E-state index in [1.54, 1.807) is 11.8 Å². The number of aryl methyl sites for hydroxylation is 3. The molecule has 152 valence electrons.